The maximum atomic E-state index is 8.79. The van der Waals surface area contributed by atoms with Gasteiger partial charge in [-0.15, -0.1) is 11.3 Å². The lowest BCUT2D eigenvalue weighted by Gasteiger charge is -2.16. The van der Waals surface area contributed by atoms with Crippen LogP contribution in [0.25, 0.3) is 0 Å². The van der Waals surface area contributed by atoms with E-state index in [1.54, 1.807) is 17.5 Å². The highest BCUT2D eigenvalue weighted by Crippen LogP contribution is 2.22. The van der Waals surface area contributed by atoms with Gasteiger partial charge in [-0.2, -0.15) is 0 Å². The average molecular weight is 290 g/mol. The van der Waals surface area contributed by atoms with Crippen molar-refractivity contribution in [1.82, 2.24) is 10.3 Å². The molecule has 2 rings (SSSR count). The van der Waals surface area contributed by atoms with Crippen molar-refractivity contribution >= 4 is 17.2 Å². The Bertz CT molecular complexity index is 568. The van der Waals surface area contributed by atoms with E-state index >= 15 is 0 Å². The number of thiophene rings is 1. The fraction of sp³-hybridized carbons (Fsp3) is 0.286. The predicted octanol–water partition coefficient (Wildman–Crippen LogP) is 2.48. The van der Waals surface area contributed by atoms with Crippen LogP contribution in [0.3, 0.4) is 0 Å². The number of rotatable bonds is 6. The number of nitrogens with one attached hydrogen (secondary N) is 1. The van der Waals surface area contributed by atoms with Gasteiger partial charge in [0.2, 0.25) is 0 Å². The highest BCUT2D eigenvalue weighted by molar-refractivity contribution is 7.10. The summed E-state index contributed by atoms with van der Waals surface area (Å²) in [7, 11) is 0. The summed E-state index contributed by atoms with van der Waals surface area (Å²) in [5.74, 6) is 0.0339. The Balaban J connectivity index is 2.11. The zero-order valence-corrected chi connectivity index (χ0v) is 12.1. The van der Waals surface area contributed by atoms with Gasteiger partial charge in [0, 0.05) is 23.7 Å². The second-order valence-corrected chi connectivity index (χ2v) is 5.33. The van der Waals surface area contributed by atoms with E-state index in [0.29, 0.717) is 18.3 Å². The van der Waals surface area contributed by atoms with Crippen molar-refractivity contribution in [3.8, 4) is 0 Å². The first-order valence-corrected chi connectivity index (χ1v) is 7.32. The van der Waals surface area contributed by atoms with E-state index in [0.717, 1.165) is 12.0 Å². The first-order chi connectivity index (χ1) is 9.76. The molecule has 2 aromatic heterocycles. The van der Waals surface area contributed by atoms with Crippen molar-refractivity contribution in [2.75, 3.05) is 0 Å². The molecule has 2 heterocycles. The molecule has 4 N–H and O–H groups in total. The molecule has 20 heavy (non-hydrogen) atoms. The van der Waals surface area contributed by atoms with Crippen molar-refractivity contribution in [2.45, 2.75) is 25.9 Å². The van der Waals surface area contributed by atoms with Crippen molar-refractivity contribution in [2.24, 2.45) is 10.9 Å². The van der Waals surface area contributed by atoms with Crippen LogP contribution in [0.5, 0.6) is 0 Å². The summed E-state index contributed by atoms with van der Waals surface area (Å²) >= 11 is 1.74. The Morgan fingerprint density at radius 1 is 1.50 bits per heavy atom. The summed E-state index contributed by atoms with van der Waals surface area (Å²) in [6.07, 6.45) is 2.63. The van der Waals surface area contributed by atoms with E-state index in [-0.39, 0.29) is 5.84 Å². The lowest BCUT2D eigenvalue weighted by molar-refractivity contribution is 0.318. The van der Waals surface area contributed by atoms with E-state index in [1.165, 1.54) is 4.88 Å². The van der Waals surface area contributed by atoms with Gasteiger partial charge in [0.1, 0.15) is 5.69 Å². The molecular weight excluding hydrogens is 272 g/mol. The number of amidine groups is 1. The molecule has 6 heteroatoms. The molecule has 5 nitrogen and oxygen atoms in total. The molecule has 1 atom stereocenters. The molecule has 0 bridgehead atoms. The third-order valence-corrected chi connectivity index (χ3v) is 4.06. The Morgan fingerprint density at radius 3 is 3.00 bits per heavy atom. The van der Waals surface area contributed by atoms with Crippen LogP contribution in [0.15, 0.2) is 41.0 Å². The number of aromatic nitrogens is 1. The lowest BCUT2D eigenvalue weighted by atomic mass is 10.1. The molecule has 106 valence electrons. The molecule has 0 aromatic carbocycles. The molecule has 1 unspecified atom stereocenters. The van der Waals surface area contributed by atoms with Crippen LogP contribution >= 0.6 is 11.3 Å². The van der Waals surface area contributed by atoms with Gasteiger partial charge in [-0.25, -0.2) is 0 Å². The van der Waals surface area contributed by atoms with Crippen molar-refractivity contribution < 1.29 is 5.21 Å². The Hall–Kier alpha value is -1.92. The number of hydrogen-bond donors (Lipinski definition) is 3. The Morgan fingerprint density at radius 2 is 2.35 bits per heavy atom. The number of nitrogens with two attached hydrogens (primary N) is 1. The molecule has 0 spiro atoms. The van der Waals surface area contributed by atoms with Gasteiger partial charge >= 0.3 is 0 Å². The van der Waals surface area contributed by atoms with Crippen LogP contribution in [0.1, 0.15) is 35.5 Å². The summed E-state index contributed by atoms with van der Waals surface area (Å²) in [5, 5.41) is 17.4. The van der Waals surface area contributed by atoms with E-state index in [9.17, 15) is 0 Å². The highest BCUT2D eigenvalue weighted by atomic mass is 32.1. The van der Waals surface area contributed by atoms with Crippen LogP contribution in [-0.4, -0.2) is 16.0 Å². The number of nitrogens with zero attached hydrogens (tertiary/aromatic N) is 2. The van der Waals surface area contributed by atoms with Gasteiger partial charge in [-0.1, -0.05) is 24.2 Å². The van der Waals surface area contributed by atoms with Crippen LogP contribution in [0, 0.1) is 0 Å². The quantitative estimate of drug-likeness (QED) is 0.330. The zero-order chi connectivity index (χ0) is 14.4. The highest BCUT2D eigenvalue weighted by Gasteiger charge is 2.12. The molecule has 0 saturated carbocycles. The second-order valence-electron chi connectivity index (χ2n) is 4.35. The first-order valence-electron chi connectivity index (χ1n) is 6.44. The monoisotopic (exact) mass is 290 g/mol. The first kappa shape index (κ1) is 14.5. The molecule has 0 aliphatic carbocycles. The van der Waals surface area contributed by atoms with Gasteiger partial charge in [-0.3, -0.25) is 4.98 Å². The number of hydrogen-bond acceptors (Lipinski definition) is 5. The molecular formula is C14H18N4OS. The molecule has 0 aliphatic rings. The minimum atomic E-state index is 0.0339. The fourth-order valence-corrected chi connectivity index (χ4v) is 2.91. The molecule has 2 aromatic rings. The van der Waals surface area contributed by atoms with Crippen LogP contribution in [0.4, 0.5) is 0 Å². The standard InChI is InChI=1S/C14H18N4OS/c1-2-11(12-6-4-8-20-12)17-9-10-5-3-7-16-13(10)14(15)18-19/h3-8,11,17,19H,2,9H2,1H3,(H2,15,18). The summed E-state index contributed by atoms with van der Waals surface area (Å²) in [4.78, 5) is 5.47. The van der Waals surface area contributed by atoms with E-state index < -0.39 is 0 Å². The van der Waals surface area contributed by atoms with E-state index in [1.807, 2.05) is 12.1 Å². The smallest absolute Gasteiger partial charge is 0.189 e. The minimum absolute atomic E-state index is 0.0339. The third-order valence-electron chi connectivity index (χ3n) is 3.08. The SMILES string of the molecule is CCC(NCc1cccnc1C(N)=NO)c1cccs1. The van der Waals surface area contributed by atoms with Gasteiger partial charge < -0.3 is 16.3 Å². The molecule has 0 radical (unpaired) electrons. The maximum Gasteiger partial charge on any atom is 0.189 e. The zero-order valence-electron chi connectivity index (χ0n) is 11.3. The van der Waals surface area contributed by atoms with Crippen molar-refractivity contribution in [3.05, 3.63) is 52.0 Å². The minimum Gasteiger partial charge on any atom is -0.409 e. The van der Waals surface area contributed by atoms with Gasteiger partial charge in [0.15, 0.2) is 5.84 Å². The largest absolute Gasteiger partial charge is 0.409 e. The number of oxime groups is 1. The number of pyridine rings is 1. The maximum absolute atomic E-state index is 8.79. The molecule has 0 amide bonds. The topological polar surface area (TPSA) is 83.5 Å². The summed E-state index contributed by atoms with van der Waals surface area (Å²) in [6, 6.07) is 8.25. The normalized spacial score (nSPS) is 13.3. The Labute approximate surface area is 122 Å². The van der Waals surface area contributed by atoms with Crippen LogP contribution in [0.2, 0.25) is 0 Å². The predicted molar refractivity (Wildman–Crippen MR) is 80.9 cm³/mol. The van der Waals surface area contributed by atoms with Gasteiger partial charge in [0.25, 0.3) is 0 Å². The summed E-state index contributed by atoms with van der Waals surface area (Å²) < 4.78 is 0. The van der Waals surface area contributed by atoms with E-state index in [4.69, 9.17) is 10.9 Å². The summed E-state index contributed by atoms with van der Waals surface area (Å²) in [5.41, 5.74) is 7.07. The Kier molecular flexibility index (Phi) is 5.09. The van der Waals surface area contributed by atoms with Crippen molar-refractivity contribution in [3.63, 3.8) is 0 Å². The van der Waals surface area contributed by atoms with E-state index in [2.05, 4.69) is 39.9 Å². The second kappa shape index (κ2) is 7.02. The lowest BCUT2D eigenvalue weighted by Crippen LogP contribution is -2.23. The molecule has 0 aliphatic heterocycles. The summed E-state index contributed by atoms with van der Waals surface area (Å²) in [6.45, 7) is 2.76. The van der Waals surface area contributed by atoms with Gasteiger partial charge in [-0.05, 0) is 29.5 Å². The van der Waals surface area contributed by atoms with Gasteiger partial charge in [0.05, 0.1) is 0 Å². The third kappa shape index (κ3) is 3.34. The molecule has 0 saturated heterocycles. The molecule has 0 fully saturated rings. The van der Waals surface area contributed by atoms with Crippen LogP contribution in [-0.2, 0) is 6.54 Å². The average Bonchev–Trinajstić information content (AvgIpc) is 3.02. The van der Waals surface area contributed by atoms with Crippen LogP contribution < -0.4 is 11.1 Å². The van der Waals surface area contributed by atoms with Crippen molar-refractivity contribution in [1.29, 1.82) is 0 Å². The fourth-order valence-electron chi connectivity index (χ4n) is 2.03.